The molecule has 0 saturated heterocycles. The summed E-state index contributed by atoms with van der Waals surface area (Å²) in [7, 11) is -3.85. The summed E-state index contributed by atoms with van der Waals surface area (Å²) in [5, 5.41) is 3.63. The number of benzene rings is 3. The van der Waals surface area contributed by atoms with Crippen molar-refractivity contribution in [3.05, 3.63) is 97.9 Å². The van der Waals surface area contributed by atoms with Crippen molar-refractivity contribution in [3.63, 3.8) is 0 Å². The number of sulfonamides is 1. The highest BCUT2D eigenvalue weighted by Crippen LogP contribution is 2.27. The Hall–Kier alpha value is -2.59. The second kappa shape index (κ2) is 15.0. The first-order valence-corrected chi connectivity index (χ1v) is 16.6. The number of hydrogen-bond acceptors (Lipinski definition) is 4. The van der Waals surface area contributed by atoms with Crippen molar-refractivity contribution < 1.29 is 18.0 Å². The number of halogens is 3. The normalized spacial score (nSPS) is 12.0. The first-order valence-electron chi connectivity index (χ1n) is 13.2. The maximum absolute atomic E-state index is 14.1. The Morgan fingerprint density at radius 1 is 0.976 bits per heavy atom. The second-order valence-corrected chi connectivity index (χ2v) is 13.4. The quantitative estimate of drug-likeness (QED) is 0.212. The molecule has 7 nitrogen and oxygen atoms in total. The van der Waals surface area contributed by atoms with Crippen molar-refractivity contribution in [1.82, 2.24) is 10.2 Å². The van der Waals surface area contributed by atoms with Gasteiger partial charge in [0.1, 0.15) is 12.6 Å². The standard InChI is InChI=1S/C30H34BrCl2N3O4S/c1-4-5-15-34-30(38)28(18-22-9-7-6-8-10-22)35(19-23-11-14-26(32)27(33)17-23)29(37)20-36(41(3,39)40)24-12-13-25(31)21(2)16-24/h6-14,16-17,28H,4-5,15,18-20H2,1-3H3,(H,34,38)/t28-/m1/s1. The van der Waals surface area contributed by atoms with Gasteiger partial charge >= 0.3 is 0 Å². The highest BCUT2D eigenvalue weighted by Gasteiger charge is 2.33. The van der Waals surface area contributed by atoms with Gasteiger partial charge in [-0.15, -0.1) is 0 Å². The topological polar surface area (TPSA) is 86.8 Å². The van der Waals surface area contributed by atoms with Crippen molar-refractivity contribution in [2.24, 2.45) is 0 Å². The van der Waals surface area contributed by atoms with E-state index in [1.165, 1.54) is 4.90 Å². The minimum atomic E-state index is -3.85. The van der Waals surface area contributed by atoms with Gasteiger partial charge in [0.25, 0.3) is 0 Å². The number of amides is 2. The van der Waals surface area contributed by atoms with Crippen LogP contribution < -0.4 is 9.62 Å². The molecule has 1 N–H and O–H groups in total. The first-order chi connectivity index (χ1) is 19.4. The van der Waals surface area contributed by atoms with E-state index in [4.69, 9.17) is 23.2 Å². The summed E-state index contributed by atoms with van der Waals surface area (Å²) in [5.41, 5.74) is 2.67. The molecule has 0 spiro atoms. The second-order valence-electron chi connectivity index (χ2n) is 9.82. The molecule has 41 heavy (non-hydrogen) atoms. The van der Waals surface area contributed by atoms with Gasteiger partial charge < -0.3 is 10.2 Å². The van der Waals surface area contributed by atoms with Gasteiger partial charge in [0.15, 0.2) is 0 Å². The SMILES string of the molecule is CCCCNC(=O)[C@@H](Cc1ccccc1)N(Cc1ccc(Cl)c(Cl)c1)C(=O)CN(c1ccc(Br)c(C)c1)S(C)(=O)=O. The van der Waals surface area contributed by atoms with Crippen LogP contribution in [0.15, 0.2) is 71.2 Å². The van der Waals surface area contributed by atoms with Crippen LogP contribution in [0.2, 0.25) is 10.0 Å². The third-order valence-electron chi connectivity index (χ3n) is 6.55. The molecule has 0 aliphatic carbocycles. The Bertz CT molecular complexity index is 1470. The summed E-state index contributed by atoms with van der Waals surface area (Å²) < 4.78 is 27.7. The van der Waals surface area contributed by atoms with E-state index >= 15 is 0 Å². The zero-order valence-corrected chi connectivity index (χ0v) is 27.2. The van der Waals surface area contributed by atoms with Crippen LogP contribution in [0.25, 0.3) is 0 Å². The molecular formula is C30H34BrCl2N3O4S. The van der Waals surface area contributed by atoms with Gasteiger partial charge in [-0.2, -0.15) is 0 Å². The Labute approximate surface area is 261 Å². The lowest BCUT2D eigenvalue weighted by atomic mass is 10.0. The predicted molar refractivity (Wildman–Crippen MR) is 170 cm³/mol. The molecule has 0 aliphatic rings. The zero-order valence-electron chi connectivity index (χ0n) is 23.2. The van der Waals surface area contributed by atoms with Crippen LogP contribution in [0.3, 0.4) is 0 Å². The number of anilines is 1. The highest BCUT2D eigenvalue weighted by atomic mass is 79.9. The summed E-state index contributed by atoms with van der Waals surface area (Å²) in [4.78, 5) is 29.2. The molecule has 0 bridgehead atoms. The minimum absolute atomic E-state index is 0.0192. The third kappa shape index (κ3) is 9.46. The molecule has 2 amide bonds. The Morgan fingerprint density at radius 2 is 1.68 bits per heavy atom. The number of rotatable bonds is 13. The number of unbranched alkanes of at least 4 members (excludes halogenated alkanes) is 1. The van der Waals surface area contributed by atoms with Crippen molar-refractivity contribution >= 4 is 66.7 Å². The summed E-state index contributed by atoms with van der Waals surface area (Å²) in [5.74, 6) is -0.852. The molecule has 0 aliphatic heterocycles. The van der Waals surface area contributed by atoms with Gasteiger partial charge in [-0.05, 0) is 60.4 Å². The molecule has 11 heteroatoms. The molecule has 0 fully saturated rings. The van der Waals surface area contributed by atoms with Gasteiger partial charge in [0.2, 0.25) is 21.8 Å². The zero-order chi connectivity index (χ0) is 30.2. The van der Waals surface area contributed by atoms with E-state index in [1.807, 2.05) is 44.2 Å². The largest absolute Gasteiger partial charge is 0.354 e. The van der Waals surface area contributed by atoms with Crippen molar-refractivity contribution in [2.75, 3.05) is 23.7 Å². The number of aryl methyl sites for hydroxylation is 1. The van der Waals surface area contributed by atoms with Crippen molar-refractivity contribution in [1.29, 1.82) is 0 Å². The van der Waals surface area contributed by atoms with E-state index in [2.05, 4.69) is 21.2 Å². The van der Waals surface area contributed by atoms with Crippen LogP contribution in [-0.4, -0.2) is 50.5 Å². The van der Waals surface area contributed by atoms with E-state index in [9.17, 15) is 18.0 Å². The summed E-state index contributed by atoms with van der Waals surface area (Å²) in [6, 6.07) is 18.6. The molecule has 3 rings (SSSR count). The smallest absolute Gasteiger partial charge is 0.244 e. The number of nitrogens with one attached hydrogen (secondary N) is 1. The van der Waals surface area contributed by atoms with E-state index < -0.39 is 28.5 Å². The van der Waals surface area contributed by atoms with E-state index in [1.54, 1.807) is 36.4 Å². The molecule has 220 valence electrons. The maximum Gasteiger partial charge on any atom is 0.244 e. The van der Waals surface area contributed by atoms with Crippen molar-refractivity contribution in [2.45, 2.75) is 45.7 Å². The fourth-order valence-electron chi connectivity index (χ4n) is 4.29. The average molecular weight is 683 g/mol. The third-order valence-corrected chi connectivity index (χ3v) is 9.32. The lowest BCUT2D eigenvalue weighted by molar-refractivity contribution is -0.140. The van der Waals surface area contributed by atoms with Crippen LogP contribution in [0, 0.1) is 6.92 Å². The molecule has 1 atom stereocenters. The average Bonchev–Trinajstić information content (AvgIpc) is 2.92. The van der Waals surface area contributed by atoms with E-state index in [0.29, 0.717) is 27.8 Å². The van der Waals surface area contributed by atoms with Gasteiger partial charge in [0, 0.05) is 24.0 Å². The lowest BCUT2D eigenvalue weighted by Gasteiger charge is -2.33. The first kappa shape index (κ1) is 32.9. The van der Waals surface area contributed by atoms with Crippen molar-refractivity contribution in [3.8, 4) is 0 Å². The van der Waals surface area contributed by atoms with E-state index in [0.717, 1.165) is 39.0 Å². The van der Waals surface area contributed by atoms with Crippen LogP contribution in [-0.2, 0) is 32.6 Å². The van der Waals surface area contributed by atoms with Gasteiger partial charge in [-0.3, -0.25) is 13.9 Å². The van der Waals surface area contributed by atoms with Crippen LogP contribution >= 0.6 is 39.1 Å². The number of carbonyl (C=O) groups excluding carboxylic acids is 2. The summed E-state index contributed by atoms with van der Waals surface area (Å²) in [6.07, 6.45) is 2.97. The Morgan fingerprint density at radius 3 is 2.29 bits per heavy atom. The van der Waals surface area contributed by atoms with Gasteiger partial charge in [-0.25, -0.2) is 8.42 Å². The monoisotopic (exact) mass is 681 g/mol. The highest BCUT2D eigenvalue weighted by molar-refractivity contribution is 9.10. The van der Waals surface area contributed by atoms with Gasteiger partial charge in [0.05, 0.1) is 22.0 Å². The molecule has 0 unspecified atom stereocenters. The molecule has 3 aromatic rings. The summed E-state index contributed by atoms with van der Waals surface area (Å²) in [6.45, 7) is 3.85. The molecule has 0 radical (unpaired) electrons. The molecule has 0 aromatic heterocycles. The fraction of sp³-hybridized carbons (Fsp3) is 0.333. The Balaban J connectivity index is 2.06. The lowest BCUT2D eigenvalue weighted by Crippen LogP contribution is -2.53. The van der Waals surface area contributed by atoms with E-state index in [-0.39, 0.29) is 18.9 Å². The molecule has 3 aromatic carbocycles. The molecule has 0 heterocycles. The number of hydrogen-bond donors (Lipinski definition) is 1. The molecular weight excluding hydrogens is 649 g/mol. The fourth-order valence-corrected chi connectivity index (χ4v) is 5.70. The maximum atomic E-state index is 14.1. The van der Waals surface area contributed by atoms with Gasteiger partial charge in [-0.1, -0.05) is 88.9 Å². The number of nitrogens with zero attached hydrogens (tertiary/aromatic N) is 2. The van der Waals surface area contributed by atoms with Crippen LogP contribution in [0.1, 0.15) is 36.5 Å². The summed E-state index contributed by atoms with van der Waals surface area (Å²) >= 11 is 15.8. The minimum Gasteiger partial charge on any atom is -0.354 e. The molecule has 0 saturated carbocycles. The van der Waals surface area contributed by atoms with Crippen LogP contribution in [0.4, 0.5) is 5.69 Å². The Kier molecular flexibility index (Phi) is 12.1. The van der Waals surface area contributed by atoms with Crippen LogP contribution in [0.5, 0.6) is 0 Å². The predicted octanol–water partition coefficient (Wildman–Crippen LogP) is 6.39. The number of carbonyl (C=O) groups is 2.